The van der Waals surface area contributed by atoms with Crippen LogP contribution in [0, 0.1) is 17.8 Å². The van der Waals surface area contributed by atoms with Gasteiger partial charge in [0.05, 0.1) is 25.7 Å². The van der Waals surface area contributed by atoms with Crippen molar-refractivity contribution >= 4 is 23.4 Å². The van der Waals surface area contributed by atoms with Gasteiger partial charge in [-0.05, 0) is 37.7 Å². The zero-order valence-electron chi connectivity index (χ0n) is 18.9. The van der Waals surface area contributed by atoms with Crippen LogP contribution in [-0.4, -0.2) is 48.3 Å². The molecule has 0 saturated carbocycles. The van der Waals surface area contributed by atoms with Gasteiger partial charge in [0.1, 0.15) is 5.78 Å². The Morgan fingerprint density at radius 2 is 1.68 bits per heavy atom. The predicted molar refractivity (Wildman–Crippen MR) is 117 cm³/mol. The summed E-state index contributed by atoms with van der Waals surface area (Å²) < 4.78 is 4.63. The van der Waals surface area contributed by atoms with E-state index in [2.05, 4.69) is 10.1 Å². The number of nitrogens with one attached hydrogen (secondary N) is 1. The standard InChI is InChI=1S/C24H35NO6/c1-16(2)12-21(22(28)14-20(15-26)24(30)31-4)25-23(29)19(13-17(3)27)11-10-18-8-6-5-7-9-18/h5-9,16,19-21,26H,10-15H2,1-4H3,(H,25,29)/t19-,20+,21+/m1/s1. The van der Waals surface area contributed by atoms with Gasteiger partial charge in [0.25, 0.3) is 0 Å². The van der Waals surface area contributed by atoms with Gasteiger partial charge in [-0.2, -0.15) is 0 Å². The molecule has 1 aromatic carbocycles. The van der Waals surface area contributed by atoms with Gasteiger partial charge in [0.15, 0.2) is 5.78 Å². The Hall–Kier alpha value is -2.54. The van der Waals surface area contributed by atoms with Crippen LogP contribution in [0.3, 0.4) is 0 Å². The molecule has 0 aliphatic rings. The van der Waals surface area contributed by atoms with Gasteiger partial charge in [0, 0.05) is 18.8 Å². The van der Waals surface area contributed by atoms with Gasteiger partial charge in [-0.1, -0.05) is 44.2 Å². The van der Waals surface area contributed by atoms with Crippen LogP contribution in [0.25, 0.3) is 0 Å². The molecule has 0 fully saturated rings. The minimum absolute atomic E-state index is 0.0917. The highest BCUT2D eigenvalue weighted by atomic mass is 16.5. The Morgan fingerprint density at radius 3 is 2.19 bits per heavy atom. The minimum atomic E-state index is -0.963. The summed E-state index contributed by atoms with van der Waals surface area (Å²) >= 11 is 0. The number of ether oxygens (including phenoxy) is 1. The van der Waals surface area contributed by atoms with Crippen molar-refractivity contribution in [3.05, 3.63) is 35.9 Å². The number of carbonyl (C=O) groups is 4. The van der Waals surface area contributed by atoms with Gasteiger partial charge in [-0.3, -0.25) is 14.4 Å². The number of carbonyl (C=O) groups excluding carboxylic acids is 4. The molecule has 172 valence electrons. The Kier molecular flexibility index (Phi) is 11.7. The second-order valence-electron chi connectivity index (χ2n) is 8.39. The van der Waals surface area contributed by atoms with E-state index in [0.717, 1.165) is 5.56 Å². The number of Topliss-reactive ketones (excluding diaryl/α,β-unsaturated/α-hetero) is 2. The quantitative estimate of drug-likeness (QED) is 0.436. The monoisotopic (exact) mass is 433 g/mol. The molecule has 0 aromatic heterocycles. The molecular weight excluding hydrogens is 398 g/mol. The predicted octanol–water partition coefficient (Wildman–Crippen LogP) is 2.49. The Bertz CT molecular complexity index is 731. The van der Waals surface area contributed by atoms with E-state index in [1.807, 2.05) is 44.2 Å². The van der Waals surface area contributed by atoms with Crippen molar-refractivity contribution in [1.29, 1.82) is 0 Å². The fourth-order valence-electron chi connectivity index (χ4n) is 3.46. The van der Waals surface area contributed by atoms with E-state index in [-0.39, 0.29) is 36.2 Å². The second-order valence-corrected chi connectivity index (χ2v) is 8.39. The van der Waals surface area contributed by atoms with Crippen LogP contribution in [0.15, 0.2) is 30.3 Å². The number of aliphatic hydroxyl groups excluding tert-OH is 1. The van der Waals surface area contributed by atoms with Gasteiger partial charge in [-0.25, -0.2) is 0 Å². The van der Waals surface area contributed by atoms with Crippen LogP contribution in [0.1, 0.15) is 52.0 Å². The summed E-state index contributed by atoms with van der Waals surface area (Å²) in [7, 11) is 1.20. The molecule has 31 heavy (non-hydrogen) atoms. The third kappa shape index (κ3) is 9.87. The highest BCUT2D eigenvalue weighted by Gasteiger charge is 2.30. The highest BCUT2D eigenvalue weighted by molar-refractivity contribution is 5.93. The van der Waals surface area contributed by atoms with Crippen molar-refractivity contribution in [2.24, 2.45) is 17.8 Å². The SMILES string of the molecule is COC(=O)[C@H](CO)CC(=O)[C@H](CC(C)C)NC(=O)[C@H](CCc1ccccc1)CC(C)=O. The molecule has 0 heterocycles. The second kappa shape index (κ2) is 13.7. The number of methoxy groups -OCH3 is 1. The number of hydrogen-bond donors (Lipinski definition) is 2. The van der Waals surface area contributed by atoms with Crippen molar-refractivity contribution in [2.45, 2.75) is 58.9 Å². The van der Waals surface area contributed by atoms with Crippen LogP contribution in [0.2, 0.25) is 0 Å². The summed E-state index contributed by atoms with van der Waals surface area (Å²) in [6.07, 6.45) is 1.41. The Morgan fingerprint density at radius 1 is 1.03 bits per heavy atom. The van der Waals surface area contributed by atoms with Gasteiger partial charge in [-0.15, -0.1) is 0 Å². The van der Waals surface area contributed by atoms with E-state index >= 15 is 0 Å². The van der Waals surface area contributed by atoms with Crippen molar-refractivity contribution in [3.8, 4) is 0 Å². The molecule has 1 amide bonds. The van der Waals surface area contributed by atoms with Crippen LogP contribution >= 0.6 is 0 Å². The average molecular weight is 434 g/mol. The first-order chi connectivity index (χ1) is 14.7. The van der Waals surface area contributed by atoms with Crippen molar-refractivity contribution < 1.29 is 29.0 Å². The smallest absolute Gasteiger partial charge is 0.311 e. The van der Waals surface area contributed by atoms with E-state index in [9.17, 15) is 24.3 Å². The van der Waals surface area contributed by atoms with Crippen molar-refractivity contribution in [3.63, 3.8) is 0 Å². The average Bonchev–Trinajstić information content (AvgIpc) is 2.73. The summed E-state index contributed by atoms with van der Waals surface area (Å²) in [4.78, 5) is 49.3. The maximum Gasteiger partial charge on any atom is 0.311 e. The first-order valence-corrected chi connectivity index (χ1v) is 10.7. The maximum atomic E-state index is 13.0. The van der Waals surface area contributed by atoms with Crippen LogP contribution in [-0.2, 0) is 30.3 Å². The zero-order chi connectivity index (χ0) is 23.4. The van der Waals surface area contributed by atoms with Crippen LogP contribution in [0.5, 0.6) is 0 Å². The molecule has 1 rings (SSSR count). The van der Waals surface area contributed by atoms with Gasteiger partial charge < -0.3 is 20.0 Å². The lowest BCUT2D eigenvalue weighted by molar-refractivity contribution is -0.149. The van der Waals surface area contributed by atoms with E-state index in [1.165, 1.54) is 14.0 Å². The molecule has 0 aliphatic heterocycles. The highest BCUT2D eigenvalue weighted by Crippen LogP contribution is 2.17. The van der Waals surface area contributed by atoms with Gasteiger partial charge in [0.2, 0.25) is 5.91 Å². The number of esters is 1. The summed E-state index contributed by atoms with van der Waals surface area (Å²) in [5, 5.41) is 12.2. The van der Waals surface area contributed by atoms with Crippen molar-refractivity contribution in [2.75, 3.05) is 13.7 Å². The summed E-state index contributed by atoms with van der Waals surface area (Å²) in [6, 6.07) is 8.90. The maximum absolute atomic E-state index is 13.0. The number of rotatable bonds is 14. The number of aliphatic hydroxyl groups is 1. The van der Waals surface area contributed by atoms with Crippen LogP contribution < -0.4 is 5.32 Å². The molecule has 0 radical (unpaired) electrons. The van der Waals surface area contributed by atoms with Gasteiger partial charge >= 0.3 is 5.97 Å². The molecule has 0 spiro atoms. The third-order valence-electron chi connectivity index (χ3n) is 5.14. The molecule has 2 N–H and O–H groups in total. The summed E-state index contributed by atoms with van der Waals surface area (Å²) in [5.74, 6) is -2.83. The first-order valence-electron chi connectivity index (χ1n) is 10.7. The lowest BCUT2D eigenvalue weighted by Crippen LogP contribution is -2.45. The lowest BCUT2D eigenvalue weighted by Gasteiger charge is -2.24. The van der Waals surface area contributed by atoms with Crippen molar-refractivity contribution in [1.82, 2.24) is 5.32 Å². The summed E-state index contributed by atoms with van der Waals surface area (Å²) in [6.45, 7) is 4.80. The third-order valence-corrected chi connectivity index (χ3v) is 5.14. The molecule has 1 aromatic rings. The van der Waals surface area contributed by atoms with Crippen LogP contribution in [0.4, 0.5) is 0 Å². The molecule has 0 aliphatic carbocycles. The number of benzene rings is 1. The normalized spacial score (nSPS) is 13.9. The Labute approximate surface area is 184 Å². The summed E-state index contributed by atoms with van der Waals surface area (Å²) in [5.41, 5.74) is 1.07. The topological polar surface area (TPSA) is 110 Å². The minimum Gasteiger partial charge on any atom is -0.469 e. The molecule has 7 heteroatoms. The molecule has 0 bridgehead atoms. The molecular formula is C24H35NO6. The molecule has 0 saturated heterocycles. The number of hydrogen-bond acceptors (Lipinski definition) is 6. The van der Waals surface area contributed by atoms with E-state index in [4.69, 9.17) is 0 Å². The number of amides is 1. The first kappa shape index (κ1) is 26.5. The van der Waals surface area contributed by atoms with E-state index in [0.29, 0.717) is 19.3 Å². The van der Waals surface area contributed by atoms with E-state index < -0.39 is 30.5 Å². The fraction of sp³-hybridized carbons (Fsp3) is 0.583. The lowest BCUT2D eigenvalue weighted by atomic mass is 9.91. The fourth-order valence-corrected chi connectivity index (χ4v) is 3.46. The molecule has 0 unspecified atom stereocenters. The molecule has 3 atom stereocenters. The molecule has 7 nitrogen and oxygen atoms in total. The zero-order valence-corrected chi connectivity index (χ0v) is 18.9. The Balaban J connectivity index is 2.89. The number of ketones is 2. The largest absolute Gasteiger partial charge is 0.469 e. The number of aryl methyl sites for hydroxylation is 1. The van der Waals surface area contributed by atoms with E-state index in [1.54, 1.807) is 0 Å².